The molecule has 0 aliphatic heterocycles. The van der Waals surface area contributed by atoms with E-state index in [4.69, 9.17) is 0 Å². The molecule has 22 heavy (non-hydrogen) atoms. The number of thiazole rings is 1. The lowest BCUT2D eigenvalue weighted by Gasteiger charge is -2.04. The normalized spacial score (nSPS) is 11.8. The van der Waals surface area contributed by atoms with Gasteiger partial charge in [-0.25, -0.2) is 4.98 Å². The van der Waals surface area contributed by atoms with E-state index in [1.807, 2.05) is 13.8 Å². The van der Waals surface area contributed by atoms with Gasteiger partial charge in [-0.15, -0.1) is 11.3 Å². The average Bonchev–Trinajstić information content (AvgIpc) is 2.83. The van der Waals surface area contributed by atoms with E-state index >= 15 is 0 Å². The lowest BCUT2D eigenvalue weighted by atomic mass is 10.3. The van der Waals surface area contributed by atoms with Crippen LogP contribution in [0.15, 0.2) is 4.47 Å². The molecule has 0 spiro atoms. The van der Waals surface area contributed by atoms with Crippen LogP contribution in [0.4, 0.5) is 18.3 Å². The molecule has 0 aromatic carbocycles. The van der Waals surface area contributed by atoms with Gasteiger partial charge >= 0.3 is 6.18 Å². The number of nitrogens with zero attached hydrogens (tertiary/aromatic N) is 3. The van der Waals surface area contributed by atoms with Crippen molar-refractivity contribution >= 4 is 38.3 Å². The number of anilines is 1. The molecule has 1 N–H and O–H groups in total. The Morgan fingerprint density at radius 1 is 1.36 bits per heavy atom. The molecule has 0 saturated carbocycles. The zero-order chi connectivity index (χ0) is 16.7. The number of alkyl halides is 3. The summed E-state index contributed by atoms with van der Waals surface area (Å²) in [7, 11) is 0. The van der Waals surface area contributed by atoms with Crippen molar-refractivity contribution in [3.63, 3.8) is 0 Å². The number of aromatic nitrogens is 3. The molecule has 2 rings (SSSR count). The minimum atomic E-state index is -4.57. The Morgan fingerprint density at radius 3 is 2.45 bits per heavy atom. The highest BCUT2D eigenvalue weighted by Gasteiger charge is 2.38. The van der Waals surface area contributed by atoms with E-state index in [0.29, 0.717) is 5.13 Å². The van der Waals surface area contributed by atoms with Gasteiger partial charge < -0.3 is 5.32 Å². The molecule has 120 valence electrons. The van der Waals surface area contributed by atoms with E-state index in [1.165, 1.54) is 18.3 Å². The Hall–Kier alpha value is -1.42. The van der Waals surface area contributed by atoms with Gasteiger partial charge in [0.15, 0.2) is 10.8 Å². The minimum Gasteiger partial charge on any atom is -0.300 e. The van der Waals surface area contributed by atoms with Crippen molar-refractivity contribution < 1.29 is 18.0 Å². The first-order chi connectivity index (χ1) is 10.1. The molecule has 0 saturated heterocycles. The summed E-state index contributed by atoms with van der Waals surface area (Å²) in [6, 6.07) is 0. The van der Waals surface area contributed by atoms with Crippen LogP contribution in [0.1, 0.15) is 22.0 Å². The number of carbonyl (C=O) groups excluding carboxylic acids is 1. The van der Waals surface area contributed by atoms with E-state index in [0.717, 1.165) is 15.3 Å². The lowest BCUT2D eigenvalue weighted by molar-refractivity contribution is -0.142. The largest absolute Gasteiger partial charge is 0.436 e. The third-order valence-electron chi connectivity index (χ3n) is 2.97. The molecule has 0 aliphatic rings. The monoisotopic (exact) mass is 396 g/mol. The van der Waals surface area contributed by atoms with Crippen LogP contribution in [0, 0.1) is 20.8 Å². The highest BCUT2D eigenvalue weighted by atomic mass is 79.9. The molecule has 5 nitrogen and oxygen atoms in total. The summed E-state index contributed by atoms with van der Waals surface area (Å²) < 4.78 is 39.1. The quantitative estimate of drug-likeness (QED) is 0.860. The second kappa shape index (κ2) is 5.99. The average molecular weight is 397 g/mol. The van der Waals surface area contributed by atoms with Crippen molar-refractivity contribution in [3.05, 3.63) is 26.4 Å². The first-order valence-corrected chi connectivity index (χ1v) is 7.74. The highest BCUT2D eigenvalue weighted by molar-refractivity contribution is 9.10. The topological polar surface area (TPSA) is 59.8 Å². The molecule has 0 radical (unpaired) electrons. The molecule has 1 amide bonds. The van der Waals surface area contributed by atoms with Crippen molar-refractivity contribution in [1.82, 2.24) is 14.8 Å². The van der Waals surface area contributed by atoms with Crippen LogP contribution in [0.25, 0.3) is 0 Å². The van der Waals surface area contributed by atoms with Gasteiger partial charge in [0.25, 0.3) is 0 Å². The zero-order valence-corrected chi connectivity index (χ0v) is 14.3. The standard InChI is InChI=1S/C12H12BrF3N4OS/c1-5-7(3)22-11(17-5)18-8(21)4-20-6(2)9(13)10(19-20)12(14,15)16/h4H2,1-3H3,(H,17,18,21). The van der Waals surface area contributed by atoms with E-state index < -0.39 is 17.8 Å². The molecule has 0 atom stereocenters. The summed E-state index contributed by atoms with van der Waals surface area (Å²) in [5, 5.41) is 6.43. The number of amides is 1. The summed E-state index contributed by atoms with van der Waals surface area (Å²) in [5.41, 5.74) is -0.00890. The summed E-state index contributed by atoms with van der Waals surface area (Å²) >= 11 is 4.17. The highest BCUT2D eigenvalue weighted by Crippen LogP contribution is 2.35. The van der Waals surface area contributed by atoms with Gasteiger partial charge in [0, 0.05) is 4.88 Å². The maximum Gasteiger partial charge on any atom is 0.436 e. The minimum absolute atomic E-state index is 0.159. The molecule has 0 unspecified atom stereocenters. The van der Waals surface area contributed by atoms with Crippen molar-refractivity contribution in [2.24, 2.45) is 0 Å². The van der Waals surface area contributed by atoms with Gasteiger partial charge in [-0.1, -0.05) is 0 Å². The second-order valence-electron chi connectivity index (χ2n) is 4.61. The van der Waals surface area contributed by atoms with Crippen molar-refractivity contribution in [2.45, 2.75) is 33.5 Å². The van der Waals surface area contributed by atoms with E-state index in [1.54, 1.807) is 0 Å². The molecule has 0 aliphatic carbocycles. The van der Waals surface area contributed by atoms with Crippen LogP contribution in [-0.2, 0) is 17.5 Å². The predicted molar refractivity (Wildman–Crippen MR) is 79.9 cm³/mol. The van der Waals surface area contributed by atoms with Crippen LogP contribution in [0.3, 0.4) is 0 Å². The van der Waals surface area contributed by atoms with Crippen LogP contribution in [-0.4, -0.2) is 20.7 Å². The molecular weight excluding hydrogens is 385 g/mol. The van der Waals surface area contributed by atoms with Crippen molar-refractivity contribution in [2.75, 3.05) is 5.32 Å². The van der Waals surface area contributed by atoms with Gasteiger partial charge in [0.1, 0.15) is 6.54 Å². The third-order valence-corrected chi connectivity index (χ3v) is 4.91. The number of carbonyl (C=O) groups is 1. The van der Waals surface area contributed by atoms with Crippen molar-refractivity contribution in [1.29, 1.82) is 0 Å². The Kier molecular flexibility index (Phi) is 4.62. The fourth-order valence-electron chi connectivity index (χ4n) is 1.68. The first-order valence-electron chi connectivity index (χ1n) is 6.13. The molecule has 0 fully saturated rings. The van der Waals surface area contributed by atoms with Gasteiger partial charge in [-0.3, -0.25) is 9.48 Å². The Morgan fingerprint density at radius 2 is 2.00 bits per heavy atom. The summed E-state index contributed by atoms with van der Waals surface area (Å²) in [4.78, 5) is 17.0. The Labute approximate surface area is 136 Å². The van der Waals surface area contributed by atoms with Crippen LogP contribution >= 0.6 is 27.3 Å². The number of aryl methyl sites for hydroxylation is 2. The summed E-state index contributed by atoms with van der Waals surface area (Å²) in [6.45, 7) is 4.81. The molecule has 2 aromatic heterocycles. The van der Waals surface area contributed by atoms with Gasteiger partial charge in [-0.2, -0.15) is 18.3 Å². The molecule has 2 heterocycles. The maximum absolute atomic E-state index is 12.8. The fraction of sp³-hybridized carbons (Fsp3) is 0.417. The van der Waals surface area contributed by atoms with E-state index in [2.05, 4.69) is 31.3 Å². The summed E-state index contributed by atoms with van der Waals surface area (Å²) in [6.07, 6.45) is -4.57. The molecule has 0 bridgehead atoms. The maximum atomic E-state index is 12.8. The zero-order valence-electron chi connectivity index (χ0n) is 11.9. The Balaban J connectivity index is 2.15. The second-order valence-corrected chi connectivity index (χ2v) is 6.61. The number of hydrogen-bond donors (Lipinski definition) is 1. The third kappa shape index (κ3) is 3.49. The molecule has 2 aromatic rings. The van der Waals surface area contributed by atoms with E-state index in [9.17, 15) is 18.0 Å². The van der Waals surface area contributed by atoms with Crippen LogP contribution < -0.4 is 5.32 Å². The SMILES string of the molecule is Cc1nc(NC(=O)Cn2nc(C(F)(F)F)c(Br)c2C)sc1C. The van der Waals surface area contributed by atoms with Crippen LogP contribution in [0.2, 0.25) is 0 Å². The van der Waals surface area contributed by atoms with Crippen LogP contribution in [0.5, 0.6) is 0 Å². The number of nitrogens with one attached hydrogen (secondary N) is 1. The Bertz CT molecular complexity index is 703. The number of hydrogen-bond acceptors (Lipinski definition) is 4. The lowest BCUT2D eigenvalue weighted by Crippen LogP contribution is -2.20. The molecule has 10 heteroatoms. The number of halogens is 4. The summed E-state index contributed by atoms with van der Waals surface area (Å²) in [5.74, 6) is -0.486. The van der Waals surface area contributed by atoms with E-state index in [-0.39, 0.29) is 16.7 Å². The predicted octanol–water partition coefficient (Wildman–Crippen LogP) is 3.68. The first kappa shape index (κ1) is 16.9. The number of rotatable bonds is 3. The fourth-order valence-corrected chi connectivity index (χ4v) is 3.02. The van der Waals surface area contributed by atoms with Gasteiger partial charge in [0.2, 0.25) is 5.91 Å². The van der Waals surface area contributed by atoms with Crippen molar-refractivity contribution in [3.8, 4) is 0 Å². The van der Waals surface area contributed by atoms with Gasteiger partial charge in [0.05, 0.1) is 15.9 Å². The molecular formula is C12H12BrF3N4OS. The smallest absolute Gasteiger partial charge is 0.300 e. The van der Waals surface area contributed by atoms with Gasteiger partial charge in [-0.05, 0) is 36.7 Å².